The molecule has 6 aromatic rings. The third-order valence-corrected chi connectivity index (χ3v) is 11.5. The van der Waals surface area contributed by atoms with Crippen molar-refractivity contribution in [2.24, 2.45) is 5.18 Å². The SMILES string of the molecule is CCOC(=O)CSc1cc(-c2cccc(-c3c(-c4ccsc4C#N)c4ccccc4n3S(=O)(=O)c3ccc(C)cc3)c2)cc(F)c1CN=O. The van der Waals surface area contributed by atoms with E-state index in [2.05, 4.69) is 11.2 Å². The second-order valence-electron chi connectivity index (χ2n) is 11.0. The van der Waals surface area contributed by atoms with Crippen LogP contribution in [0, 0.1) is 29.0 Å². The van der Waals surface area contributed by atoms with Crippen LogP contribution in [0.3, 0.4) is 0 Å². The molecule has 246 valence electrons. The van der Waals surface area contributed by atoms with Gasteiger partial charge in [-0.1, -0.05) is 59.3 Å². The first-order chi connectivity index (χ1) is 23.7. The zero-order chi connectivity index (χ0) is 34.7. The number of ether oxygens (including phenoxy) is 1. The topological polar surface area (TPSA) is 119 Å². The van der Waals surface area contributed by atoms with Crippen LogP contribution in [-0.2, 0) is 26.1 Å². The average molecular weight is 710 g/mol. The number of esters is 1. The molecule has 0 N–H and O–H groups in total. The molecule has 2 heterocycles. The minimum atomic E-state index is -4.18. The number of hydrogen-bond donors (Lipinski definition) is 0. The standard InChI is InChI=1S/C37H28FN3O5S3/c1-3-46-35(42)22-48-33-19-26(18-31(38)30(33)21-40-43)24-7-6-8-25(17-24)37-36(29-15-16-47-34(29)20-39)28-9-4-5-10-32(28)41(37)49(44,45)27-13-11-23(2)12-14-27/h4-19H,3,21-22H2,1-2H3. The Hall–Kier alpha value is -5.09. The number of thiophene rings is 1. The van der Waals surface area contributed by atoms with E-state index in [0.717, 1.165) is 17.3 Å². The third kappa shape index (κ3) is 6.53. The summed E-state index contributed by atoms with van der Waals surface area (Å²) in [6.07, 6.45) is 0. The summed E-state index contributed by atoms with van der Waals surface area (Å²) in [4.78, 5) is 24.2. The number of nitrogens with zero attached hydrogens (tertiary/aromatic N) is 3. The van der Waals surface area contributed by atoms with E-state index in [1.807, 2.05) is 25.1 Å². The van der Waals surface area contributed by atoms with Gasteiger partial charge >= 0.3 is 5.97 Å². The Morgan fingerprint density at radius 3 is 2.49 bits per heavy atom. The number of fused-ring (bicyclic) bond motifs is 1. The molecule has 0 radical (unpaired) electrons. The Morgan fingerprint density at radius 1 is 1.00 bits per heavy atom. The molecule has 0 aliphatic heterocycles. The highest BCUT2D eigenvalue weighted by Gasteiger charge is 2.30. The molecule has 0 aliphatic carbocycles. The molecule has 0 bridgehead atoms. The molecule has 0 unspecified atom stereocenters. The van der Waals surface area contributed by atoms with E-state index in [1.54, 1.807) is 79.0 Å². The number of aryl methyl sites for hydroxylation is 1. The van der Waals surface area contributed by atoms with Crippen LogP contribution < -0.4 is 0 Å². The van der Waals surface area contributed by atoms with Crippen LogP contribution in [0.5, 0.6) is 0 Å². The number of halogens is 1. The molecule has 8 nitrogen and oxygen atoms in total. The number of rotatable bonds is 11. The molecule has 0 atom stereocenters. The highest BCUT2D eigenvalue weighted by Crippen LogP contribution is 2.45. The van der Waals surface area contributed by atoms with Gasteiger partial charge in [0.25, 0.3) is 10.0 Å². The number of thioether (sulfide) groups is 1. The fourth-order valence-electron chi connectivity index (χ4n) is 5.71. The fraction of sp³-hybridized carbons (Fsp3) is 0.135. The van der Waals surface area contributed by atoms with E-state index >= 15 is 4.39 Å². The van der Waals surface area contributed by atoms with Crippen LogP contribution in [0.25, 0.3) is 44.4 Å². The van der Waals surface area contributed by atoms with Gasteiger partial charge in [-0.25, -0.2) is 16.8 Å². The maximum absolute atomic E-state index is 15.5. The Balaban J connectivity index is 1.61. The number of carbonyl (C=O) groups is 1. The fourth-order valence-corrected chi connectivity index (χ4v) is 8.85. The van der Waals surface area contributed by atoms with Crippen LogP contribution in [0.1, 0.15) is 22.9 Å². The van der Waals surface area contributed by atoms with E-state index in [9.17, 15) is 23.4 Å². The molecule has 0 saturated carbocycles. The van der Waals surface area contributed by atoms with Crippen molar-refractivity contribution in [1.82, 2.24) is 3.97 Å². The van der Waals surface area contributed by atoms with Crippen LogP contribution >= 0.6 is 23.1 Å². The molecule has 0 saturated heterocycles. The Labute approximate surface area is 290 Å². The van der Waals surface area contributed by atoms with Crippen molar-refractivity contribution in [2.75, 3.05) is 12.4 Å². The van der Waals surface area contributed by atoms with E-state index in [1.165, 1.54) is 21.4 Å². The highest BCUT2D eigenvalue weighted by molar-refractivity contribution is 8.00. The predicted molar refractivity (Wildman–Crippen MR) is 191 cm³/mol. The van der Waals surface area contributed by atoms with E-state index in [-0.39, 0.29) is 22.8 Å². The zero-order valence-corrected chi connectivity index (χ0v) is 28.8. The van der Waals surface area contributed by atoms with Gasteiger partial charge in [-0.05, 0) is 72.8 Å². The lowest BCUT2D eigenvalue weighted by Crippen LogP contribution is -2.14. The normalized spacial score (nSPS) is 11.4. The van der Waals surface area contributed by atoms with Crippen molar-refractivity contribution in [3.63, 3.8) is 0 Å². The van der Waals surface area contributed by atoms with Gasteiger partial charge in [0.1, 0.15) is 23.3 Å². The number of aromatic nitrogens is 1. The lowest BCUT2D eigenvalue weighted by molar-refractivity contribution is -0.139. The number of hydrogen-bond acceptors (Lipinski definition) is 9. The van der Waals surface area contributed by atoms with Crippen molar-refractivity contribution >= 4 is 50.0 Å². The zero-order valence-electron chi connectivity index (χ0n) is 26.3. The van der Waals surface area contributed by atoms with E-state index in [0.29, 0.717) is 54.2 Å². The minimum absolute atomic E-state index is 0.0669. The number of nitriles is 1. The summed E-state index contributed by atoms with van der Waals surface area (Å²) in [6.45, 7) is 3.35. The maximum Gasteiger partial charge on any atom is 0.316 e. The highest BCUT2D eigenvalue weighted by atomic mass is 32.2. The monoisotopic (exact) mass is 709 g/mol. The number of carbonyl (C=O) groups excluding carboxylic acids is 1. The van der Waals surface area contributed by atoms with Crippen molar-refractivity contribution < 1.29 is 22.3 Å². The number of benzene rings is 4. The van der Waals surface area contributed by atoms with Crippen molar-refractivity contribution in [2.45, 2.75) is 30.2 Å². The van der Waals surface area contributed by atoms with Crippen molar-refractivity contribution in [3.05, 3.63) is 123 Å². The van der Waals surface area contributed by atoms with Crippen molar-refractivity contribution in [1.29, 1.82) is 5.26 Å². The third-order valence-electron chi connectivity index (χ3n) is 7.92. The van der Waals surface area contributed by atoms with Gasteiger partial charge in [-0.3, -0.25) is 4.79 Å². The molecule has 0 amide bonds. The molecule has 49 heavy (non-hydrogen) atoms. The second-order valence-corrected chi connectivity index (χ2v) is 14.7. The Bertz CT molecular complexity index is 2380. The number of para-hydroxylation sites is 1. The molecular weight excluding hydrogens is 682 g/mol. The van der Waals surface area contributed by atoms with Crippen LogP contribution in [0.4, 0.5) is 4.39 Å². The van der Waals surface area contributed by atoms with Gasteiger partial charge < -0.3 is 4.74 Å². The summed E-state index contributed by atoms with van der Waals surface area (Å²) in [5, 5.41) is 15.3. The lowest BCUT2D eigenvalue weighted by atomic mass is 9.96. The molecule has 0 fully saturated rings. The molecular formula is C37H28FN3O5S3. The quantitative estimate of drug-likeness (QED) is 0.0748. The predicted octanol–water partition coefficient (Wildman–Crippen LogP) is 9.18. The lowest BCUT2D eigenvalue weighted by Gasteiger charge is -2.16. The van der Waals surface area contributed by atoms with E-state index < -0.39 is 28.4 Å². The molecule has 4 aromatic carbocycles. The van der Waals surface area contributed by atoms with Crippen molar-refractivity contribution in [3.8, 4) is 39.6 Å². The van der Waals surface area contributed by atoms with Gasteiger partial charge in [0.05, 0.1) is 28.5 Å². The number of nitroso groups, excluding NO2 is 1. The summed E-state index contributed by atoms with van der Waals surface area (Å²) >= 11 is 2.31. The minimum Gasteiger partial charge on any atom is -0.465 e. The van der Waals surface area contributed by atoms with Crippen LogP contribution in [-0.4, -0.2) is 30.7 Å². The summed E-state index contributed by atoms with van der Waals surface area (Å²) < 4.78 is 51.1. The first-order valence-electron chi connectivity index (χ1n) is 15.1. The van der Waals surface area contributed by atoms with E-state index in [4.69, 9.17) is 4.74 Å². The average Bonchev–Trinajstić information content (AvgIpc) is 3.71. The van der Waals surface area contributed by atoms with Gasteiger partial charge in [0.15, 0.2) is 0 Å². The largest absolute Gasteiger partial charge is 0.465 e. The maximum atomic E-state index is 15.5. The summed E-state index contributed by atoms with van der Waals surface area (Å²) in [5.41, 5.74) is 4.43. The molecule has 0 aliphatic rings. The second kappa shape index (κ2) is 14.2. The molecule has 12 heteroatoms. The van der Waals surface area contributed by atoms with Gasteiger partial charge in [0, 0.05) is 32.5 Å². The molecule has 0 spiro atoms. The first-order valence-corrected chi connectivity index (χ1v) is 18.4. The summed E-state index contributed by atoms with van der Waals surface area (Å²) in [7, 11) is -4.18. The van der Waals surface area contributed by atoms with Crippen LogP contribution in [0.2, 0.25) is 0 Å². The van der Waals surface area contributed by atoms with Crippen LogP contribution in [0.15, 0.2) is 111 Å². The first kappa shape index (κ1) is 33.8. The van der Waals surface area contributed by atoms with Gasteiger partial charge in [0.2, 0.25) is 0 Å². The smallest absolute Gasteiger partial charge is 0.316 e. The van der Waals surface area contributed by atoms with Gasteiger partial charge in [-0.15, -0.1) is 23.1 Å². The Kier molecular flexibility index (Phi) is 9.78. The molecule has 6 rings (SSSR count). The van der Waals surface area contributed by atoms with Gasteiger partial charge in [-0.2, -0.15) is 10.2 Å². The Morgan fingerprint density at radius 2 is 1.76 bits per heavy atom. The summed E-state index contributed by atoms with van der Waals surface area (Å²) in [6, 6.07) is 27.9. The molecule has 2 aromatic heterocycles. The summed E-state index contributed by atoms with van der Waals surface area (Å²) in [5.74, 6) is -1.24.